The van der Waals surface area contributed by atoms with Gasteiger partial charge in [0, 0.05) is 21.1 Å². The van der Waals surface area contributed by atoms with Gasteiger partial charge < -0.3 is 16.0 Å². The van der Waals surface area contributed by atoms with Gasteiger partial charge in [0.1, 0.15) is 14.8 Å². The summed E-state index contributed by atoms with van der Waals surface area (Å²) in [5.41, 5.74) is 5.86. The Morgan fingerprint density at radius 1 is 1.44 bits per heavy atom. The predicted octanol–water partition coefficient (Wildman–Crippen LogP) is 0.550. The lowest BCUT2D eigenvalue weighted by Crippen LogP contribution is -2.18. The van der Waals surface area contributed by atoms with Crippen molar-refractivity contribution in [2.45, 2.75) is 11.8 Å². The first-order chi connectivity index (χ1) is 8.26. The standard InChI is InChI=1S/C10H17N3O3S2/c1-5-18(15,16)8-6(11)7(9(14)12-2)17-10(8)13(3)4/h5,11H2,1-4H3,(H,12,14). The van der Waals surface area contributed by atoms with E-state index >= 15 is 0 Å². The van der Waals surface area contributed by atoms with Gasteiger partial charge in [0.05, 0.1) is 11.4 Å². The number of nitrogens with one attached hydrogen (secondary N) is 1. The smallest absolute Gasteiger partial charge is 0.263 e. The van der Waals surface area contributed by atoms with Crippen LogP contribution in [0.2, 0.25) is 0 Å². The van der Waals surface area contributed by atoms with E-state index in [1.54, 1.807) is 25.9 Å². The first-order valence-electron chi connectivity index (χ1n) is 5.30. The van der Waals surface area contributed by atoms with Crippen LogP contribution in [0.15, 0.2) is 4.90 Å². The molecule has 1 aromatic heterocycles. The second-order valence-corrected chi connectivity index (χ2v) is 7.07. The minimum atomic E-state index is -3.46. The normalized spacial score (nSPS) is 11.3. The van der Waals surface area contributed by atoms with E-state index in [1.165, 1.54) is 7.05 Å². The molecular weight excluding hydrogens is 274 g/mol. The fraction of sp³-hybridized carbons (Fsp3) is 0.500. The lowest BCUT2D eigenvalue weighted by atomic mass is 10.3. The molecule has 18 heavy (non-hydrogen) atoms. The van der Waals surface area contributed by atoms with Crippen LogP contribution in [0.4, 0.5) is 10.7 Å². The van der Waals surface area contributed by atoms with Crippen molar-refractivity contribution in [2.75, 3.05) is 37.5 Å². The van der Waals surface area contributed by atoms with Gasteiger partial charge in [-0.2, -0.15) is 0 Å². The van der Waals surface area contributed by atoms with Crippen LogP contribution in [-0.2, 0) is 9.84 Å². The number of carbonyl (C=O) groups is 1. The number of nitrogens with zero attached hydrogens (tertiary/aromatic N) is 1. The Morgan fingerprint density at radius 3 is 2.39 bits per heavy atom. The van der Waals surface area contributed by atoms with E-state index in [-0.39, 0.29) is 27.1 Å². The minimum absolute atomic E-state index is 0.0323. The van der Waals surface area contributed by atoms with Crippen molar-refractivity contribution in [3.8, 4) is 0 Å². The topological polar surface area (TPSA) is 92.5 Å². The highest BCUT2D eigenvalue weighted by molar-refractivity contribution is 7.91. The Balaban J connectivity index is 3.59. The summed E-state index contributed by atoms with van der Waals surface area (Å²) in [4.78, 5) is 13.6. The van der Waals surface area contributed by atoms with Gasteiger partial charge in [-0.15, -0.1) is 11.3 Å². The summed E-state index contributed by atoms with van der Waals surface area (Å²) in [6, 6.07) is 0. The Labute approximate surface area is 111 Å². The number of nitrogens with two attached hydrogens (primary N) is 1. The minimum Gasteiger partial charge on any atom is -0.396 e. The number of carbonyl (C=O) groups excluding carboxylic acids is 1. The molecule has 3 N–H and O–H groups in total. The van der Waals surface area contributed by atoms with Crippen LogP contribution in [0.25, 0.3) is 0 Å². The molecule has 0 radical (unpaired) electrons. The molecule has 1 aromatic rings. The molecule has 8 heteroatoms. The summed E-state index contributed by atoms with van der Waals surface area (Å²) in [5.74, 6) is -0.430. The van der Waals surface area contributed by atoms with E-state index in [4.69, 9.17) is 5.73 Å². The summed E-state index contributed by atoms with van der Waals surface area (Å²) in [7, 11) is 1.45. The average molecular weight is 291 g/mol. The predicted molar refractivity (Wildman–Crippen MR) is 74.2 cm³/mol. The second kappa shape index (κ2) is 5.15. The lowest BCUT2D eigenvalue weighted by Gasteiger charge is -2.12. The summed E-state index contributed by atoms with van der Waals surface area (Å²) >= 11 is 1.08. The molecule has 1 heterocycles. The van der Waals surface area contributed by atoms with Gasteiger partial charge in [-0.25, -0.2) is 8.42 Å². The van der Waals surface area contributed by atoms with Crippen LogP contribution in [0.5, 0.6) is 0 Å². The first-order valence-corrected chi connectivity index (χ1v) is 7.77. The monoisotopic (exact) mass is 291 g/mol. The molecule has 0 aliphatic heterocycles. The zero-order valence-electron chi connectivity index (χ0n) is 10.8. The van der Waals surface area contributed by atoms with Crippen LogP contribution in [0.1, 0.15) is 16.6 Å². The van der Waals surface area contributed by atoms with E-state index in [0.717, 1.165) is 11.3 Å². The Kier molecular flexibility index (Phi) is 4.23. The molecule has 0 unspecified atom stereocenters. The number of thiophene rings is 1. The van der Waals surface area contributed by atoms with E-state index < -0.39 is 9.84 Å². The van der Waals surface area contributed by atoms with Gasteiger partial charge >= 0.3 is 0 Å². The van der Waals surface area contributed by atoms with Crippen molar-refractivity contribution in [3.63, 3.8) is 0 Å². The molecule has 0 aromatic carbocycles. The number of sulfone groups is 1. The van der Waals surface area contributed by atoms with Gasteiger partial charge in [0.25, 0.3) is 5.91 Å². The number of rotatable bonds is 4. The second-order valence-electron chi connectivity index (χ2n) is 3.86. The highest BCUT2D eigenvalue weighted by atomic mass is 32.2. The van der Waals surface area contributed by atoms with Crippen molar-refractivity contribution < 1.29 is 13.2 Å². The molecule has 0 atom stereocenters. The van der Waals surface area contributed by atoms with Gasteiger partial charge in [-0.1, -0.05) is 6.92 Å². The largest absolute Gasteiger partial charge is 0.396 e. The first kappa shape index (κ1) is 14.8. The SMILES string of the molecule is CCS(=O)(=O)c1c(N(C)C)sc(C(=O)NC)c1N. The van der Waals surface area contributed by atoms with E-state index in [0.29, 0.717) is 5.00 Å². The number of nitrogen functional groups attached to an aromatic ring is 1. The molecule has 102 valence electrons. The van der Waals surface area contributed by atoms with E-state index in [2.05, 4.69) is 5.32 Å². The lowest BCUT2D eigenvalue weighted by molar-refractivity contribution is 0.0968. The zero-order chi connectivity index (χ0) is 14.1. The van der Waals surface area contributed by atoms with Gasteiger partial charge in [-0.3, -0.25) is 4.79 Å². The number of hydrogen-bond donors (Lipinski definition) is 2. The Morgan fingerprint density at radius 2 is 2.00 bits per heavy atom. The molecule has 0 saturated heterocycles. The fourth-order valence-corrected chi connectivity index (χ4v) is 4.17. The average Bonchev–Trinajstić information content (AvgIpc) is 2.66. The summed E-state index contributed by atoms with van der Waals surface area (Å²) < 4.78 is 24.1. The third kappa shape index (κ3) is 2.44. The number of amides is 1. The Bertz CT molecular complexity index is 561. The molecule has 6 nitrogen and oxygen atoms in total. The van der Waals surface area contributed by atoms with Crippen LogP contribution in [-0.4, -0.2) is 41.2 Å². The quantitative estimate of drug-likeness (QED) is 0.845. The number of anilines is 2. The van der Waals surface area contributed by atoms with Crippen LogP contribution in [0.3, 0.4) is 0 Å². The third-order valence-electron chi connectivity index (χ3n) is 2.41. The van der Waals surface area contributed by atoms with Crippen molar-refractivity contribution in [2.24, 2.45) is 0 Å². The molecule has 1 rings (SSSR count). The number of hydrogen-bond acceptors (Lipinski definition) is 6. The maximum Gasteiger partial charge on any atom is 0.263 e. The zero-order valence-corrected chi connectivity index (χ0v) is 12.4. The Hall–Kier alpha value is -1.28. The molecular formula is C10H17N3O3S2. The van der Waals surface area contributed by atoms with Crippen LogP contribution >= 0.6 is 11.3 Å². The van der Waals surface area contributed by atoms with Crippen molar-refractivity contribution >= 4 is 37.8 Å². The third-order valence-corrected chi connectivity index (χ3v) is 5.71. The van der Waals surface area contributed by atoms with Crippen molar-refractivity contribution in [3.05, 3.63) is 4.88 Å². The summed E-state index contributed by atoms with van der Waals surface area (Å²) in [6.07, 6.45) is 0. The van der Waals surface area contributed by atoms with E-state index in [1.807, 2.05) is 0 Å². The van der Waals surface area contributed by atoms with Crippen molar-refractivity contribution in [1.82, 2.24) is 5.32 Å². The van der Waals surface area contributed by atoms with Crippen molar-refractivity contribution in [1.29, 1.82) is 0 Å². The highest BCUT2D eigenvalue weighted by Crippen LogP contribution is 2.41. The molecule has 0 fully saturated rings. The maximum atomic E-state index is 12.0. The van der Waals surface area contributed by atoms with Crippen LogP contribution in [0, 0.1) is 0 Å². The molecule has 0 aliphatic rings. The molecule has 0 saturated carbocycles. The summed E-state index contributed by atoms with van der Waals surface area (Å²) in [5, 5.41) is 2.93. The molecule has 0 bridgehead atoms. The highest BCUT2D eigenvalue weighted by Gasteiger charge is 2.29. The molecule has 1 amide bonds. The van der Waals surface area contributed by atoms with Gasteiger partial charge in [-0.05, 0) is 0 Å². The molecule has 0 spiro atoms. The van der Waals surface area contributed by atoms with E-state index in [9.17, 15) is 13.2 Å². The molecule has 0 aliphatic carbocycles. The summed E-state index contributed by atoms with van der Waals surface area (Å²) in [6.45, 7) is 1.55. The van der Waals surface area contributed by atoms with Gasteiger partial charge in [0.2, 0.25) is 0 Å². The maximum absolute atomic E-state index is 12.0. The van der Waals surface area contributed by atoms with Crippen LogP contribution < -0.4 is 16.0 Å². The van der Waals surface area contributed by atoms with Gasteiger partial charge in [0.15, 0.2) is 9.84 Å². The fourth-order valence-electron chi connectivity index (χ4n) is 1.44.